The molecule has 3 heterocycles. The molecule has 4 atom stereocenters. The van der Waals surface area contributed by atoms with E-state index in [1.165, 1.54) is 17.1 Å². The standard InChI is InChI=1S/C12H16N6O5/c1-14-2-4(19)8-6(20)7(21)11(23-8)18-3-15-5-9(18)16-12(13)17-10(5)22/h2-3,6-8,11,14,19-21H,1H3,(H3,13,16,17,22)/b4-2-/t6-,7+,8+,11+/m0/s1. The van der Waals surface area contributed by atoms with Crippen molar-refractivity contribution in [1.82, 2.24) is 24.8 Å². The van der Waals surface area contributed by atoms with Gasteiger partial charge in [0.05, 0.1) is 6.33 Å². The molecule has 2 aromatic heterocycles. The van der Waals surface area contributed by atoms with Gasteiger partial charge in [0.25, 0.3) is 5.56 Å². The Balaban J connectivity index is 2.03. The molecule has 0 bridgehead atoms. The number of nitrogens with one attached hydrogen (secondary N) is 2. The molecule has 0 aliphatic carbocycles. The average molecular weight is 324 g/mol. The molecule has 11 heteroatoms. The first-order valence-electron chi connectivity index (χ1n) is 6.74. The first kappa shape index (κ1) is 15.3. The second-order valence-corrected chi connectivity index (χ2v) is 5.06. The van der Waals surface area contributed by atoms with Crippen LogP contribution in [0.1, 0.15) is 6.23 Å². The van der Waals surface area contributed by atoms with Crippen molar-refractivity contribution in [3.63, 3.8) is 0 Å². The molecule has 0 amide bonds. The van der Waals surface area contributed by atoms with Crippen molar-refractivity contribution >= 4 is 17.1 Å². The van der Waals surface area contributed by atoms with E-state index in [2.05, 4.69) is 20.3 Å². The largest absolute Gasteiger partial charge is 0.508 e. The third kappa shape index (κ3) is 2.40. The summed E-state index contributed by atoms with van der Waals surface area (Å²) in [7, 11) is 1.56. The molecular weight excluding hydrogens is 308 g/mol. The van der Waals surface area contributed by atoms with Crippen LogP contribution >= 0.6 is 0 Å². The van der Waals surface area contributed by atoms with E-state index in [1.807, 2.05) is 0 Å². The van der Waals surface area contributed by atoms with Gasteiger partial charge in [0.1, 0.15) is 24.1 Å². The maximum atomic E-state index is 11.8. The minimum Gasteiger partial charge on any atom is -0.508 e. The Kier molecular flexibility index (Phi) is 3.67. The van der Waals surface area contributed by atoms with E-state index in [4.69, 9.17) is 10.5 Å². The van der Waals surface area contributed by atoms with E-state index >= 15 is 0 Å². The number of imidazole rings is 1. The van der Waals surface area contributed by atoms with Crippen LogP contribution < -0.4 is 16.6 Å². The summed E-state index contributed by atoms with van der Waals surface area (Å²) in [6.45, 7) is 0. The molecule has 124 valence electrons. The van der Waals surface area contributed by atoms with Gasteiger partial charge in [0.2, 0.25) is 5.95 Å². The lowest BCUT2D eigenvalue weighted by molar-refractivity contribution is -0.0342. The molecule has 1 aliphatic rings. The lowest BCUT2D eigenvalue weighted by Crippen LogP contribution is -2.32. The Labute approximate surface area is 129 Å². The highest BCUT2D eigenvalue weighted by molar-refractivity contribution is 5.70. The van der Waals surface area contributed by atoms with Gasteiger partial charge >= 0.3 is 0 Å². The van der Waals surface area contributed by atoms with Crippen molar-refractivity contribution in [1.29, 1.82) is 0 Å². The van der Waals surface area contributed by atoms with Crippen molar-refractivity contribution in [3.8, 4) is 0 Å². The molecule has 3 rings (SSSR count). The molecule has 7 N–H and O–H groups in total. The number of ether oxygens (including phenoxy) is 1. The van der Waals surface area contributed by atoms with Gasteiger partial charge in [-0.05, 0) is 0 Å². The van der Waals surface area contributed by atoms with Crippen molar-refractivity contribution in [2.75, 3.05) is 12.8 Å². The summed E-state index contributed by atoms with van der Waals surface area (Å²) in [4.78, 5) is 22.0. The van der Waals surface area contributed by atoms with Crippen molar-refractivity contribution < 1.29 is 20.1 Å². The zero-order valence-corrected chi connectivity index (χ0v) is 12.0. The number of H-pyrrole nitrogens is 1. The lowest BCUT2D eigenvalue weighted by atomic mass is 10.1. The highest BCUT2D eigenvalue weighted by Crippen LogP contribution is 2.33. The Morgan fingerprint density at radius 3 is 2.96 bits per heavy atom. The second kappa shape index (κ2) is 5.53. The zero-order valence-electron chi connectivity index (χ0n) is 12.0. The minimum atomic E-state index is -1.37. The Hall–Kier alpha value is -2.63. The number of aliphatic hydroxyl groups is 3. The summed E-state index contributed by atoms with van der Waals surface area (Å²) < 4.78 is 6.78. The highest BCUT2D eigenvalue weighted by atomic mass is 16.6. The monoisotopic (exact) mass is 324 g/mol. The lowest BCUT2D eigenvalue weighted by Gasteiger charge is -2.16. The summed E-state index contributed by atoms with van der Waals surface area (Å²) in [6.07, 6.45) is -2.50. The zero-order chi connectivity index (χ0) is 16.7. The van der Waals surface area contributed by atoms with Crippen LogP contribution in [-0.2, 0) is 4.74 Å². The quantitative estimate of drug-likeness (QED) is 0.347. The predicted octanol–water partition coefficient (Wildman–Crippen LogP) is -2.06. The van der Waals surface area contributed by atoms with Gasteiger partial charge in [0, 0.05) is 13.2 Å². The molecule has 11 nitrogen and oxygen atoms in total. The van der Waals surface area contributed by atoms with Gasteiger partial charge < -0.3 is 31.1 Å². The van der Waals surface area contributed by atoms with Gasteiger partial charge in [-0.2, -0.15) is 4.98 Å². The first-order chi connectivity index (χ1) is 10.9. The third-order valence-electron chi connectivity index (χ3n) is 3.55. The Morgan fingerprint density at radius 1 is 1.52 bits per heavy atom. The van der Waals surface area contributed by atoms with Crippen LogP contribution in [0.15, 0.2) is 23.1 Å². The number of aromatic amines is 1. The second-order valence-electron chi connectivity index (χ2n) is 5.06. The van der Waals surface area contributed by atoms with E-state index in [0.29, 0.717) is 0 Å². The van der Waals surface area contributed by atoms with Crippen LogP contribution in [0.4, 0.5) is 5.95 Å². The minimum absolute atomic E-state index is 0.0166. The molecule has 0 spiro atoms. The Morgan fingerprint density at radius 2 is 2.26 bits per heavy atom. The number of aromatic nitrogens is 4. The van der Waals surface area contributed by atoms with Crippen LogP contribution in [0.2, 0.25) is 0 Å². The number of hydrogen-bond acceptors (Lipinski definition) is 9. The SMILES string of the molecule is CN/C=C(\O)[C@H]1O[C@@H](n2cnc3c(=O)[nH]c(N)nc32)[C@H](O)[C@@H]1O. The topological polar surface area (TPSA) is 172 Å². The number of aliphatic hydroxyl groups excluding tert-OH is 3. The summed E-state index contributed by atoms with van der Waals surface area (Å²) >= 11 is 0. The van der Waals surface area contributed by atoms with Crippen LogP contribution in [0.3, 0.4) is 0 Å². The molecule has 0 unspecified atom stereocenters. The van der Waals surface area contributed by atoms with E-state index in [9.17, 15) is 20.1 Å². The Bertz CT molecular complexity index is 814. The van der Waals surface area contributed by atoms with Gasteiger partial charge in [-0.15, -0.1) is 0 Å². The number of fused-ring (bicyclic) bond motifs is 1. The average Bonchev–Trinajstić information content (AvgIpc) is 3.02. The number of anilines is 1. The molecule has 2 aromatic rings. The van der Waals surface area contributed by atoms with Gasteiger partial charge in [-0.1, -0.05) is 0 Å². The van der Waals surface area contributed by atoms with Crippen LogP contribution in [-0.4, -0.2) is 60.2 Å². The summed E-state index contributed by atoms with van der Waals surface area (Å²) in [5, 5.41) is 32.7. The molecule has 0 aromatic carbocycles. The summed E-state index contributed by atoms with van der Waals surface area (Å²) in [5.74, 6) is -0.400. The number of rotatable bonds is 3. The molecule has 1 saturated heterocycles. The van der Waals surface area contributed by atoms with Gasteiger partial charge in [0.15, 0.2) is 17.4 Å². The first-order valence-corrected chi connectivity index (χ1v) is 6.74. The number of hydrogen-bond donors (Lipinski definition) is 6. The smallest absolute Gasteiger partial charge is 0.280 e. The van der Waals surface area contributed by atoms with E-state index in [0.717, 1.165) is 0 Å². The number of nitrogens with two attached hydrogens (primary N) is 1. The number of nitrogen functional groups attached to an aromatic ring is 1. The van der Waals surface area contributed by atoms with E-state index in [1.54, 1.807) is 7.05 Å². The number of nitrogens with zero attached hydrogens (tertiary/aromatic N) is 3. The van der Waals surface area contributed by atoms with Gasteiger partial charge in [-0.25, -0.2) is 4.98 Å². The third-order valence-corrected chi connectivity index (χ3v) is 3.55. The van der Waals surface area contributed by atoms with Crippen LogP contribution in [0.5, 0.6) is 0 Å². The molecule has 0 saturated carbocycles. The molecule has 1 aliphatic heterocycles. The normalized spacial score (nSPS) is 28.4. The fraction of sp³-hybridized carbons (Fsp3) is 0.417. The van der Waals surface area contributed by atoms with Crippen molar-refractivity contribution in [2.24, 2.45) is 0 Å². The van der Waals surface area contributed by atoms with Crippen LogP contribution in [0, 0.1) is 0 Å². The molecule has 1 fully saturated rings. The summed E-state index contributed by atoms with van der Waals surface area (Å²) in [5.41, 5.74) is 5.09. The highest BCUT2D eigenvalue weighted by Gasteiger charge is 2.46. The maximum Gasteiger partial charge on any atom is 0.280 e. The predicted molar refractivity (Wildman–Crippen MR) is 78.3 cm³/mol. The van der Waals surface area contributed by atoms with Crippen molar-refractivity contribution in [3.05, 3.63) is 28.6 Å². The van der Waals surface area contributed by atoms with E-state index in [-0.39, 0.29) is 22.9 Å². The molecule has 23 heavy (non-hydrogen) atoms. The molecular formula is C12H16N6O5. The maximum absolute atomic E-state index is 11.8. The van der Waals surface area contributed by atoms with Crippen molar-refractivity contribution in [2.45, 2.75) is 24.5 Å². The fourth-order valence-corrected chi connectivity index (χ4v) is 2.49. The van der Waals surface area contributed by atoms with Crippen LogP contribution in [0.25, 0.3) is 11.2 Å². The van der Waals surface area contributed by atoms with Gasteiger partial charge in [-0.3, -0.25) is 14.3 Å². The molecule has 0 radical (unpaired) electrons. The van der Waals surface area contributed by atoms with E-state index < -0.39 is 30.1 Å². The fourth-order valence-electron chi connectivity index (χ4n) is 2.49. The summed E-state index contributed by atoms with van der Waals surface area (Å²) in [6, 6.07) is 0.